The van der Waals surface area contributed by atoms with Gasteiger partial charge in [-0.2, -0.15) is 0 Å². The van der Waals surface area contributed by atoms with E-state index < -0.39 is 0 Å². The van der Waals surface area contributed by atoms with Gasteiger partial charge < -0.3 is 0 Å². The Morgan fingerprint density at radius 3 is 2.65 bits per heavy atom. The van der Waals surface area contributed by atoms with Crippen molar-refractivity contribution in [2.75, 3.05) is 0 Å². The Morgan fingerprint density at radius 2 is 1.94 bits per heavy atom. The second-order valence-corrected chi connectivity index (χ2v) is 3.40. The third kappa shape index (κ3) is 3.35. The lowest BCUT2D eigenvalue weighted by atomic mass is 10.3. The van der Waals surface area contributed by atoms with E-state index in [1.54, 1.807) is 30.7 Å². The van der Waals surface area contributed by atoms with Crippen LogP contribution in [0.4, 0.5) is 0 Å². The molecular formula is C12H12N4O. The van der Waals surface area contributed by atoms with E-state index in [4.69, 9.17) is 0 Å². The predicted octanol–water partition coefficient (Wildman–Crippen LogP) is 0.911. The number of nitrogens with one attached hydrogen (secondary N) is 2. The molecule has 2 N–H and O–H groups in total. The van der Waals surface area contributed by atoms with Gasteiger partial charge in [0.2, 0.25) is 0 Å². The van der Waals surface area contributed by atoms with E-state index in [0.717, 1.165) is 5.56 Å². The third-order valence-corrected chi connectivity index (χ3v) is 2.17. The number of hydrogen-bond acceptors (Lipinski definition) is 4. The lowest BCUT2D eigenvalue weighted by molar-refractivity contribution is 0.0932. The number of hydrogen-bond donors (Lipinski definition) is 2. The van der Waals surface area contributed by atoms with Crippen LogP contribution in [0.15, 0.2) is 49.1 Å². The molecule has 17 heavy (non-hydrogen) atoms. The SMILES string of the molecule is O=C(NNCc1ccncc1)c1cccnc1. The maximum atomic E-state index is 11.6. The number of nitrogens with zero attached hydrogens (tertiary/aromatic N) is 2. The molecule has 2 aromatic rings. The molecule has 0 bridgehead atoms. The van der Waals surface area contributed by atoms with Crippen molar-refractivity contribution in [1.82, 2.24) is 20.8 Å². The summed E-state index contributed by atoms with van der Waals surface area (Å²) in [6.07, 6.45) is 6.56. The van der Waals surface area contributed by atoms with Gasteiger partial charge in [-0.15, -0.1) is 0 Å². The number of amides is 1. The predicted molar refractivity (Wildman–Crippen MR) is 62.8 cm³/mol. The summed E-state index contributed by atoms with van der Waals surface area (Å²) in [6, 6.07) is 7.18. The molecule has 2 rings (SSSR count). The summed E-state index contributed by atoms with van der Waals surface area (Å²) < 4.78 is 0. The summed E-state index contributed by atoms with van der Waals surface area (Å²) in [7, 11) is 0. The maximum Gasteiger partial charge on any atom is 0.266 e. The highest BCUT2D eigenvalue weighted by Crippen LogP contribution is 1.96. The molecule has 0 atom stereocenters. The van der Waals surface area contributed by atoms with Crippen LogP contribution in [0.25, 0.3) is 0 Å². The number of aromatic nitrogens is 2. The van der Waals surface area contributed by atoms with Crippen LogP contribution in [-0.4, -0.2) is 15.9 Å². The van der Waals surface area contributed by atoms with E-state index in [1.165, 1.54) is 6.20 Å². The van der Waals surface area contributed by atoms with Gasteiger partial charge in [-0.05, 0) is 29.8 Å². The van der Waals surface area contributed by atoms with Gasteiger partial charge in [0.25, 0.3) is 5.91 Å². The Morgan fingerprint density at radius 1 is 1.12 bits per heavy atom. The molecule has 0 aliphatic rings. The monoisotopic (exact) mass is 228 g/mol. The van der Waals surface area contributed by atoms with Crippen molar-refractivity contribution in [3.05, 3.63) is 60.2 Å². The van der Waals surface area contributed by atoms with E-state index >= 15 is 0 Å². The molecule has 5 nitrogen and oxygen atoms in total. The van der Waals surface area contributed by atoms with Crippen molar-refractivity contribution in [3.63, 3.8) is 0 Å². The molecule has 1 amide bonds. The molecule has 0 spiro atoms. The van der Waals surface area contributed by atoms with Crippen molar-refractivity contribution >= 4 is 5.91 Å². The summed E-state index contributed by atoms with van der Waals surface area (Å²) in [5.41, 5.74) is 7.01. The van der Waals surface area contributed by atoms with E-state index in [1.807, 2.05) is 12.1 Å². The Hall–Kier alpha value is -2.27. The van der Waals surface area contributed by atoms with Crippen molar-refractivity contribution in [2.24, 2.45) is 0 Å². The molecule has 0 aliphatic heterocycles. The highest BCUT2D eigenvalue weighted by molar-refractivity contribution is 5.93. The maximum absolute atomic E-state index is 11.6. The van der Waals surface area contributed by atoms with Gasteiger partial charge in [0.15, 0.2) is 0 Å². The molecule has 0 saturated heterocycles. The first kappa shape index (κ1) is 11.2. The number of carbonyl (C=O) groups excluding carboxylic acids is 1. The molecule has 5 heteroatoms. The fraction of sp³-hybridized carbons (Fsp3) is 0.0833. The van der Waals surface area contributed by atoms with Crippen LogP contribution in [0, 0.1) is 0 Å². The summed E-state index contributed by atoms with van der Waals surface area (Å²) in [5, 5.41) is 0. The first-order valence-electron chi connectivity index (χ1n) is 5.18. The van der Waals surface area contributed by atoms with Gasteiger partial charge in [0, 0.05) is 31.3 Å². The summed E-state index contributed by atoms with van der Waals surface area (Å²) in [5.74, 6) is -0.202. The number of rotatable bonds is 4. The molecule has 2 aromatic heterocycles. The molecule has 0 aliphatic carbocycles. The third-order valence-electron chi connectivity index (χ3n) is 2.17. The summed E-state index contributed by atoms with van der Waals surface area (Å²) in [6.45, 7) is 0.550. The fourth-order valence-electron chi connectivity index (χ4n) is 1.30. The van der Waals surface area contributed by atoms with Crippen molar-refractivity contribution in [3.8, 4) is 0 Å². The molecule has 0 saturated carbocycles. The van der Waals surface area contributed by atoms with E-state index in [9.17, 15) is 4.79 Å². The lowest BCUT2D eigenvalue weighted by Gasteiger charge is -2.06. The second-order valence-electron chi connectivity index (χ2n) is 3.40. The Bertz CT molecular complexity index is 472. The van der Waals surface area contributed by atoms with E-state index in [0.29, 0.717) is 12.1 Å². The molecule has 2 heterocycles. The number of pyridine rings is 2. The zero-order chi connectivity index (χ0) is 11.9. The first-order valence-corrected chi connectivity index (χ1v) is 5.18. The van der Waals surface area contributed by atoms with Crippen LogP contribution in [-0.2, 0) is 6.54 Å². The van der Waals surface area contributed by atoms with Crippen LogP contribution < -0.4 is 10.9 Å². The Labute approximate surface area is 98.9 Å². The normalized spacial score (nSPS) is 9.88. The van der Waals surface area contributed by atoms with Crippen molar-refractivity contribution in [2.45, 2.75) is 6.54 Å². The molecule has 86 valence electrons. The first-order chi connectivity index (χ1) is 8.36. The minimum Gasteiger partial charge on any atom is -0.287 e. The van der Waals surface area contributed by atoms with Crippen molar-refractivity contribution < 1.29 is 4.79 Å². The topological polar surface area (TPSA) is 66.9 Å². The summed E-state index contributed by atoms with van der Waals surface area (Å²) >= 11 is 0. The zero-order valence-corrected chi connectivity index (χ0v) is 9.13. The van der Waals surface area contributed by atoms with Gasteiger partial charge >= 0.3 is 0 Å². The van der Waals surface area contributed by atoms with Crippen LogP contribution in [0.3, 0.4) is 0 Å². The van der Waals surface area contributed by atoms with Gasteiger partial charge in [-0.1, -0.05) is 0 Å². The van der Waals surface area contributed by atoms with Gasteiger partial charge in [-0.25, -0.2) is 5.43 Å². The minimum atomic E-state index is -0.202. The minimum absolute atomic E-state index is 0.202. The molecule has 0 fully saturated rings. The number of carbonyl (C=O) groups is 1. The number of hydrazine groups is 1. The average molecular weight is 228 g/mol. The average Bonchev–Trinajstić information content (AvgIpc) is 2.41. The highest BCUT2D eigenvalue weighted by atomic mass is 16.2. The largest absolute Gasteiger partial charge is 0.287 e. The lowest BCUT2D eigenvalue weighted by Crippen LogP contribution is -2.36. The molecular weight excluding hydrogens is 216 g/mol. The van der Waals surface area contributed by atoms with Crippen LogP contribution in [0.1, 0.15) is 15.9 Å². The van der Waals surface area contributed by atoms with Gasteiger partial charge in [0.05, 0.1) is 5.56 Å². The smallest absolute Gasteiger partial charge is 0.266 e. The highest BCUT2D eigenvalue weighted by Gasteiger charge is 2.03. The standard InChI is InChI=1S/C12H12N4O/c17-12(11-2-1-5-14-9-11)16-15-8-10-3-6-13-7-4-10/h1-7,9,15H,8H2,(H,16,17). The van der Waals surface area contributed by atoms with Crippen molar-refractivity contribution in [1.29, 1.82) is 0 Å². The van der Waals surface area contributed by atoms with E-state index in [-0.39, 0.29) is 5.91 Å². The molecule has 0 unspecified atom stereocenters. The van der Waals surface area contributed by atoms with Crippen LogP contribution in [0.2, 0.25) is 0 Å². The zero-order valence-electron chi connectivity index (χ0n) is 9.13. The van der Waals surface area contributed by atoms with Crippen LogP contribution in [0.5, 0.6) is 0 Å². The fourth-order valence-corrected chi connectivity index (χ4v) is 1.30. The Kier molecular flexibility index (Phi) is 3.77. The van der Waals surface area contributed by atoms with Crippen LogP contribution >= 0.6 is 0 Å². The molecule has 0 radical (unpaired) electrons. The molecule has 0 aromatic carbocycles. The van der Waals surface area contributed by atoms with Gasteiger partial charge in [-0.3, -0.25) is 20.2 Å². The summed E-state index contributed by atoms with van der Waals surface area (Å²) in [4.78, 5) is 19.4. The van der Waals surface area contributed by atoms with E-state index in [2.05, 4.69) is 20.8 Å². The Balaban J connectivity index is 1.82. The second kappa shape index (κ2) is 5.72. The quantitative estimate of drug-likeness (QED) is 0.763. The van der Waals surface area contributed by atoms with Gasteiger partial charge in [0.1, 0.15) is 0 Å².